The molecule has 2 saturated heterocycles. The Balaban J connectivity index is 1.36. The molecule has 0 aromatic carbocycles. The zero-order valence-electron chi connectivity index (χ0n) is 12.5. The number of carbonyl (C=O) groups is 1. The molecule has 3 aliphatic rings. The van der Waals surface area contributed by atoms with E-state index in [1.165, 1.54) is 45.3 Å². The molecule has 2 aliphatic heterocycles. The van der Waals surface area contributed by atoms with E-state index < -0.39 is 0 Å². The fraction of sp³-hybridized carbons (Fsp3) is 0.938. The van der Waals surface area contributed by atoms with E-state index in [1.54, 1.807) is 0 Å². The van der Waals surface area contributed by atoms with E-state index in [1.807, 2.05) is 0 Å². The number of likely N-dealkylation sites (tertiary alicyclic amines) is 1. The van der Waals surface area contributed by atoms with Crippen LogP contribution < -0.4 is 5.32 Å². The molecule has 1 aliphatic carbocycles. The van der Waals surface area contributed by atoms with E-state index in [2.05, 4.69) is 10.2 Å². The Morgan fingerprint density at radius 2 is 2.05 bits per heavy atom. The minimum atomic E-state index is 0.230. The van der Waals surface area contributed by atoms with Crippen molar-refractivity contribution >= 4 is 5.91 Å². The van der Waals surface area contributed by atoms with Crippen LogP contribution in [-0.2, 0) is 9.53 Å². The van der Waals surface area contributed by atoms with Gasteiger partial charge in [-0.15, -0.1) is 0 Å². The highest BCUT2D eigenvalue weighted by Gasteiger charge is 2.44. The maximum absolute atomic E-state index is 12.0. The summed E-state index contributed by atoms with van der Waals surface area (Å²) in [6.45, 7) is 6.24. The van der Waals surface area contributed by atoms with E-state index in [9.17, 15) is 4.79 Å². The average molecular weight is 280 g/mol. The zero-order chi connectivity index (χ0) is 13.8. The highest BCUT2D eigenvalue weighted by Crippen LogP contribution is 2.46. The molecule has 1 atom stereocenters. The Hall–Kier alpha value is -0.610. The largest absolute Gasteiger partial charge is 0.381 e. The quantitative estimate of drug-likeness (QED) is 0.806. The standard InChI is InChI=1S/C16H28N2O2/c19-15(10-14-4-3-9-20-11-14)17-12-16(5-6-16)13-18-7-1-2-8-18/h14H,1-13H2,(H,17,19). The van der Waals surface area contributed by atoms with Gasteiger partial charge in [0.25, 0.3) is 0 Å². The van der Waals surface area contributed by atoms with Gasteiger partial charge in [-0.3, -0.25) is 4.79 Å². The van der Waals surface area contributed by atoms with Gasteiger partial charge in [0.05, 0.1) is 0 Å². The maximum Gasteiger partial charge on any atom is 0.220 e. The predicted octanol–water partition coefficient (Wildman–Crippen LogP) is 1.80. The van der Waals surface area contributed by atoms with Crippen LogP contribution in [0.4, 0.5) is 0 Å². The summed E-state index contributed by atoms with van der Waals surface area (Å²) < 4.78 is 5.44. The Morgan fingerprint density at radius 1 is 1.25 bits per heavy atom. The second-order valence-electron chi connectivity index (χ2n) is 7.05. The summed E-state index contributed by atoms with van der Waals surface area (Å²) in [6.07, 6.45) is 8.18. The molecule has 3 fully saturated rings. The predicted molar refractivity (Wildman–Crippen MR) is 78.5 cm³/mol. The average Bonchev–Trinajstić information content (AvgIpc) is 3.02. The molecule has 0 aromatic rings. The molecule has 2 heterocycles. The number of rotatable bonds is 6. The molecule has 1 unspecified atom stereocenters. The Morgan fingerprint density at radius 3 is 2.70 bits per heavy atom. The second kappa shape index (κ2) is 6.44. The van der Waals surface area contributed by atoms with Gasteiger partial charge in [0.1, 0.15) is 0 Å². The second-order valence-corrected chi connectivity index (χ2v) is 7.05. The lowest BCUT2D eigenvalue weighted by molar-refractivity contribution is -0.123. The molecule has 20 heavy (non-hydrogen) atoms. The van der Waals surface area contributed by atoms with Crippen LogP contribution in [0.2, 0.25) is 0 Å². The molecule has 1 saturated carbocycles. The highest BCUT2D eigenvalue weighted by atomic mass is 16.5. The summed E-state index contributed by atoms with van der Waals surface area (Å²) >= 11 is 0. The number of carbonyl (C=O) groups excluding carboxylic acids is 1. The van der Waals surface area contributed by atoms with E-state index in [0.717, 1.165) is 32.6 Å². The van der Waals surface area contributed by atoms with Crippen molar-refractivity contribution in [3.8, 4) is 0 Å². The van der Waals surface area contributed by atoms with Crippen LogP contribution in [0.1, 0.15) is 44.9 Å². The topological polar surface area (TPSA) is 41.6 Å². The summed E-state index contributed by atoms with van der Waals surface area (Å²) in [7, 11) is 0. The minimum absolute atomic E-state index is 0.230. The monoisotopic (exact) mass is 280 g/mol. The van der Waals surface area contributed by atoms with Crippen molar-refractivity contribution in [2.24, 2.45) is 11.3 Å². The SMILES string of the molecule is O=C(CC1CCCOC1)NCC1(CN2CCCC2)CC1. The van der Waals surface area contributed by atoms with E-state index >= 15 is 0 Å². The van der Waals surface area contributed by atoms with Crippen molar-refractivity contribution in [2.75, 3.05) is 39.4 Å². The maximum atomic E-state index is 12.0. The van der Waals surface area contributed by atoms with Gasteiger partial charge in [0, 0.05) is 38.1 Å². The molecular weight excluding hydrogens is 252 g/mol. The molecule has 0 aromatic heterocycles. The van der Waals surface area contributed by atoms with Crippen LogP contribution in [0.5, 0.6) is 0 Å². The normalized spacial score (nSPS) is 29.3. The van der Waals surface area contributed by atoms with Crippen molar-refractivity contribution in [1.82, 2.24) is 10.2 Å². The van der Waals surface area contributed by atoms with Crippen molar-refractivity contribution in [2.45, 2.75) is 44.9 Å². The first kappa shape index (κ1) is 14.3. The van der Waals surface area contributed by atoms with Crippen molar-refractivity contribution < 1.29 is 9.53 Å². The third-order valence-electron chi connectivity index (χ3n) is 5.10. The third kappa shape index (κ3) is 3.95. The number of hydrogen-bond acceptors (Lipinski definition) is 3. The van der Waals surface area contributed by atoms with Gasteiger partial charge in [-0.25, -0.2) is 0 Å². The lowest BCUT2D eigenvalue weighted by atomic mass is 9.98. The van der Waals surface area contributed by atoms with Gasteiger partial charge < -0.3 is 15.0 Å². The first-order valence-electron chi connectivity index (χ1n) is 8.33. The van der Waals surface area contributed by atoms with E-state index in [0.29, 0.717) is 17.8 Å². The minimum Gasteiger partial charge on any atom is -0.381 e. The molecule has 0 bridgehead atoms. The van der Waals surface area contributed by atoms with Crippen molar-refractivity contribution in [3.05, 3.63) is 0 Å². The molecule has 4 nitrogen and oxygen atoms in total. The first-order valence-corrected chi connectivity index (χ1v) is 8.33. The van der Waals surface area contributed by atoms with Gasteiger partial charge in [-0.05, 0) is 57.5 Å². The summed E-state index contributed by atoms with van der Waals surface area (Å²) in [5.41, 5.74) is 0.406. The molecular formula is C16H28N2O2. The summed E-state index contributed by atoms with van der Waals surface area (Å²) in [4.78, 5) is 14.6. The summed E-state index contributed by atoms with van der Waals surface area (Å²) in [5.74, 6) is 0.672. The molecule has 0 spiro atoms. The van der Waals surface area contributed by atoms with Crippen LogP contribution in [0.15, 0.2) is 0 Å². The Kier molecular flexibility index (Phi) is 4.61. The van der Waals surface area contributed by atoms with Gasteiger partial charge in [-0.2, -0.15) is 0 Å². The third-order valence-corrected chi connectivity index (χ3v) is 5.10. The molecule has 4 heteroatoms. The van der Waals surface area contributed by atoms with Gasteiger partial charge >= 0.3 is 0 Å². The zero-order valence-corrected chi connectivity index (χ0v) is 12.5. The number of nitrogens with one attached hydrogen (secondary N) is 1. The molecule has 0 radical (unpaired) electrons. The molecule has 1 N–H and O–H groups in total. The fourth-order valence-corrected chi connectivity index (χ4v) is 3.57. The molecule has 114 valence electrons. The van der Waals surface area contributed by atoms with Crippen LogP contribution in [0, 0.1) is 11.3 Å². The van der Waals surface area contributed by atoms with Crippen LogP contribution in [-0.4, -0.2) is 50.2 Å². The van der Waals surface area contributed by atoms with Crippen molar-refractivity contribution in [3.63, 3.8) is 0 Å². The van der Waals surface area contributed by atoms with E-state index in [4.69, 9.17) is 4.74 Å². The molecule has 3 rings (SSSR count). The van der Waals surface area contributed by atoms with Gasteiger partial charge in [0.2, 0.25) is 5.91 Å². The summed E-state index contributed by atoms with van der Waals surface area (Å²) in [6, 6.07) is 0. The van der Waals surface area contributed by atoms with Crippen LogP contribution >= 0.6 is 0 Å². The van der Waals surface area contributed by atoms with Crippen LogP contribution in [0.3, 0.4) is 0 Å². The Bertz CT molecular complexity index is 329. The lowest BCUT2D eigenvalue weighted by Gasteiger charge is -2.24. The number of nitrogens with zero attached hydrogens (tertiary/aromatic N) is 1. The first-order chi connectivity index (χ1) is 9.76. The summed E-state index contributed by atoms with van der Waals surface area (Å²) in [5, 5.41) is 3.19. The highest BCUT2D eigenvalue weighted by molar-refractivity contribution is 5.76. The fourth-order valence-electron chi connectivity index (χ4n) is 3.57. The number of ether oxygens (including phenoxy) is 1. The Labute approximate surface area is 122 Å². The van der Waals surface area contributed by atoms with Gasteiger partial charge in [-0.1, -0.05) is 0 Å². The lowest BCUT2D eigenvalue weighted by Crippen LogP contribution is -2.38. The number of hydrogen-bond donors (Lipinski definition) is 1. The molecule has 1 amide bonds. The van der Waals surface area contributed by atoms with Crippen LogP contribution in [0.25, 0.3) is 0 Å². The van der Waals surface area contributed by atoms with E-state index in [-0.39, 0.29) is 5.91 Å². The van der Waals surface area contributed by atoms with Crippen molar-refractivity contribution in [1.29, 1.82) is 0 Å². The smallest absolute Gasteiger partial charge is 0.220 e. The van der Waals surface area contributed by atoms with Gasteiger partial charge in [0.15, 0.2) is 0 Å². The number of amides is 1.